The van der Waals surface area contributed by atoms with E-state index in [-0.39, 0.29) is 23.6 Å². The van der Waals surface area contributed by atoms with Gasteiger partial charge >= 0.3 is 0 Å². The minimum atomic E-state index is -2.74. The quantitative estimate of drug-likeness (QED) is 0.641. The molecule has 1 amide bonds. The van der Waals surface area contributed by atoms with Crippen molar-refractivity contribution in [2.24, 2.45) is 5.41 Å². The first-order valence-electron chi connectivity index (χ1n) is 5.18. The molecule has 0 aromatic heterocycles. The first kappa shape index (κ1) is 11.1. The number of carbonyl (C=O) groups excluding carboxylic acids is 1. The molecule has 15 heavy (non-hydrogen) atoms. The van der Waals surface area contributed by atoms with Gasteiger partial charge in [-0.15, -0.1) is 11.6 Å². The molecule has 1 spiro atoms. The predicted molar refractivity (Wildman–Crippen MR) is 53.1 cm³/mol. The number of piperidine rings is 1. The summed E-state index contributed by atoms with van der Waals surface area (Å²) in [6.07, 6.45) is 2.56. The van der Waals surface area contributed by atoms with Gasteiger partial charge < -0.3 is 4.90 Å². The summed E-state index contributed by atoms with van der Waals surface area (Å²) in [4.78, 5) is 12.6. The number of amides is 1. The number of alkyl halides is 3. The van der Waals surface area contributed by atoms with Crippen LogP contribution < -0.4 is 0 Å². The first-order chi connectivity index (χ1) is 6.96. The zero-order chi connectivity index (χ0) is 11.1. The minimum Gasteiger partial charge on any atom is -0.335 e. The van der Waals surface area contributed by atoms with Crippen LogP contribution in [0.5, 0.6) is 0 Å². The highest BCUT2D eigenvalue weighted by atomic mass is 35.5. The van der Waals surface area contributed by atoms with Gasteiger partial charge in [-0.1, -0.05) is 6.42 Å². The van der Waals surface area contributed by atoms with E-state index in [9.17, 15) is 13.6 Å². The van der Waals surface area contributed by atoms with Crippen molar-refractivity contribution >= 4 is 17.5 Å². The monoisotopic (exact) mass is 237 g/mol. The van der Waals surface area contributed by atoms with Crippen LogP contribution in [0.2, 0.25) is 0 Å². The summed E-state index contributed by atoms with van der Waals surface area (Å²) < 4.78 is 26.9. The van der Waals surface area contributed by atoms with Crippen molar-refractivity contribution in [1.82, 2.24) is 4.90 Å². The molecule has 2 nitrogen and oxygen atoms in total. The third-order valence-electron chi connectivity index (χ3n) is 3.46. The van der Waals surface area contributed by atoms with E-state index in [1.807, 2.05) is 0 Å². The molecular formula is C10H14ClF2NO. The van der Waals surface area contributed by atoms with Gasteiger partial charge in [0.2, 0.25) is 5.91 Å². The molecule has 1 aliphatic carbocycles. The van der Waals surface area contributed by atoms with Gasteiger partial charge in [-0.05, 0) is 18.3 Å². The van der Waals surface area contributed by atoms with Gasteiger partial charge in [0, 0.05) is 13.0 Å². The largest absolute Gasteiger partial charge is 0.335 e. The fourth-order valence-electron chi connectivity index (χ4n) is 2.67. The van der Waals surface area contributed by atoms with Crippen molar-refractivity contribution in [2.45, 2.75) is 31.6 Å². The molecule has 0 bridgehead atoms. The van der Waals surface area contributed by atoms with Crippen LogP contribution in [-0.2, 0) is 4.79 Å². The van der Waals surface area contributed by atoms with Crippen molar-refractivity contribution < 1.29 is 13.6 Å². The fourth-order valence-corrected chi connectivity index (χ4v) is 2.84. The topological polar surface area (TPSA) is 20.3 Å². The van der Waals surface area contributed by atoms with E-state index in [1.165, 1.54) is 4.90 Å². The van der Waals surface area contributed by atoms with E-state index in [2.05, 4.69) is 0 Å². The van der Waals surface area contributed by atoms with Gasteiger partial charge in [-0.3, -0.25) is 4.79 Å². The SMILES string of the molecule is O=C(CCl)N1CC(F)(F)CC2(CCC2)C1. The molecule has 0 aromatic carbocycles. The summed E-state index contributed by atoms with van der Waals surface area (Å²) in [7, 11) is 0. The van der Waals surface area contributed by atoms with E-state index in [0.29, 0.717) is 6.54 Å². The lowest BCUT2D eigenvalue weighted by molar-refractivity contribution is -0.160. The van der Waals surface area contributed by atoms with Crippen LogP contribution in [0.25, 0.3) is 0 Å². The summed E-state index contributed by atoms with van der Waals surface area (Å²) in [5.41, 5.74) is -0.316. The third-order valence-corrected chi connectivity index (χ3v) is 3.69. The number of carbonyl (C=O) groups is 1. The molecule has 5 heteroatoms. The van der Waals surface area contributed by atoms with Crippen molar-refractivity contribution in [1.29, 1.82) is 0 Å². The molecule has 1 aliphatic heterocycles. The lowest BCUT2D eigenvalue weighted by Gasteiger charge is -2.51. The average molecular weight is 238 g/mol. The third kappa shape index (κ3) is 2.10. The van der Waals surface area contributed by atoms with Crippen LogP contribution in [0.3, 0.4) is 0 Å². The lowest BCUT2D eigenvalue weighted by atomic mass is 9.63. The van der Waals surface area contributed by atoms with Gasteiger partial charge in [0.15, 0.2) is 0 Å². The predicted octanol–water partition coefficient (Wildman–Crippen LogP) is 2.26. The Kier molecular flexibility index (Phi) is 2.65. The second-order valence-electron chi connectivity index (χ2n) is 4.77. The molecule has 0 radical (unpaired) electrons. The summed E-state index contributed by atoms with van der Waals surface area (Å²) >= 11 is 5.40. The molecule has 0 unspecified atom stereocenters. The van der Waals surface area contributed by atoms with Crippen molar-refractivity contribution in [3.05, 3.63) is 0 Å². The molecule has 2 fully saturated rings. The Morgan fingerprint density at radius 3 is 2.47 bits per heavy atom. The fraction of sp³-hybridized carbons (Fsp3) is 0.900. The molecule has 1 saturated carbocycles. The Hall–Kier alpha value is -0.380. The molecule has 1 saturated heterocycles. The van der Waals surface area contributed by atoms with Crippen LogP contribution in [0.4, 0.5) is 8.78 Å². The van der Waals surface area contributed by atoms with Gasteiger partial charge in [0.1, 0.15) is 5.88 Å². The summed E-state index contributed by atoms with van der Waals surface area (Å²) in [5, 5.41) is 0. The zero-order valence-electron chi connectivity index (χ0n) is 8.44. The molecule has 0 aromatic rings. The van der Waals surface area contributed by atoms with Crippen molar-refractivity contribution in [3.8, 4) is 0 Å². The number of hydrogen-bond acceptors (Lipinski definition) is 1. The molecule has 86 valence electrons. The number of halogens is 3. The summed E-state index contributed by atoms with van der Waals surface area (Å²) in [6, 6.07) is 0. The molecular weight excluding hydrogens is 224 g/mol. The van der Waals surface area contributed by atoms with Gasteiger partial charge in [0.25, 0.3) is 5.92 Å². The van der Waals surface area contributed by atoms with Gasteiger partial charge in [0.05, 0.1) is 6.54 Å². The molecule has 0 N–H and O–H groups in total. The van der Waals surface area contributed by atoms with E-state index in [4.69, 9.17) is 11.6 Å². The highest BCUT2D eigenvalue weighted by Crippen LogP contribution is 2.51. The van der Waals surface area contributed by atoms with Crippen molar-refractivity contribution in [3.63, 3.8) is 0 Å². The standard InChI is InChI=1S/C10H14ClF2NO/c11-4-8(15)14-6-9(2-1-3-9)5-10(12,13)7-14/h1-7H2. The number of likely N-dealkylation sites (tertiary alicyclic amines) is 1. The van der Waals surface area contributed by atoms with E-state index < -0.39 is 12.5 Å². The normalized spacial score (nSPS) is 27.5. The maximum absolute atomic E-state index is 13.4. The van der Waals surface area contributed by atoms with Crippen LogP contribution in [-0.4, -0.2) is 35.7 Å². The van der Waals surface area contributed by atoms with Crippen LogP contribution in [0.1, 0.15) is 25.7 Å². The van der Waals surface area contributed by atoms with Crippen molar-refractivity contribution in [2.75, 3.05) is 19.0 Å². The second kappa shape index (κ2) is 3.58. The van der Waals surface area contributed by atoms with E-state index >= 15 is 0 Å². The number of rotatable bonds is 1. The maximum atomic E-state index is 13.4. The highest BCUT2D eigenvalue weighted by molar-refractivity contribution is 6.27. The number of hydrogen-bond donors (Lipinski definition) is 0. The first-order valence-corrected chi connectivity index (χ1v) is 5.71. The smallest absolute Gasteiger partial charge is 0.265 e. The molecule has 2 aliphatic rings. The van der Waals surface area contributed by atoms with Gasteiger partial charge in [-0.25, -0.2) is 8.78 Å². The minimum absolute atomic E-state index is 0.0634. The molecule has 2 rings (SSSR count). The van der Waals surface area contributed by atoms with Crippen LogP contribution in [0, 0.1) is 5.41 Å². The van der Waals surface area contributed by atoms with Gasteiger partial charge in [-0.2, -0.15) is 0 Å². The number of nitrogens with zero attached hydrogens (tertiary/aromatic N) is 1. The highest BCUT2D eigenvalue weighted by Gasteiger charge is 2.52. The Morgan fingerprint density at radius 2 is 2.00 bits per heavy atom. The van der Waals surface area contributed by atoms with E-state index in [1.54, 1.807) is 0 Å². The van der Waals surface area contributed by atoms with Crippen LogP contribution >= 0.6 is 11.6 Å². The van der Waals surface area contributed by atoms with Crippen LogP contribution in [0.15, 0.2) is 0 Å². The lowest BCUT2D eigenvalue weighted by Crippen LogP contribution is -2.57. The summed E-state index contributed by atoms with van der Waals surface area (Å²) in [5.74, 6) is -3.31. The maximum Gasteiger partial charge on any atom is 0.265 e. The summed E-state index contributed by atoms with van der Waals surface area (Å²) in [6.45, 7) is 0.00838. The Morgan fingerprint density at radius 1 is 1.33 bits per heavy atom. The zero-order valence-corrected chi connectivity index (χ0v) is 9.20. The average Bonchev–Trinajstić information content (AvgIpc) is 2.11. The Bertz CT molecular complexity index is 279. The Balaban J connectivity index is 2.11. The van der Waals surface area contributed by atoms with E-state index in [0.717, 1.165) is 19.3 Å². The molecule has 0 atom stereocenters. The Labute approximate surface area is 92.6 Å². The molecule has 1 heterocycles. The second-order valence-corrected chi connectivity index (χ2v) is 5.04.